The van der Waals surface area contributed by atoms with E-state index < -0.39 is 0 Å². The highest BCUT2D eigenvalue weighted by atomic mass is 16.5. The predicted molar refractivity (Wildman–Crippen MR) is 76.3 cm³/mol. The summed E-state index contributed by atoms with van der Waals surface area (Å²) in [4.78, 5) is 14.3. The number of carbonyl (C=O) groups excluding carboxylic acids is 1. The van der Waals surface area contributed by atoms with Gasteiger partial charge in [-0.15, -0.1) is 0 Å². The minimum absolute atomic E-state index is 0.121. The molecule has 0 spiro atoms. The lowest BCUT2D eigenvalue weighted by Crippen LogP contribution is -2.55. The second-order valence-electron chi connectivity index (χ2n) is 4.77. The summed E-state index contributed by atoms with van der Waals surface area (Å²) in [6.07, 6.45) is 1.97. The molecule has 1 heterocycles. The van der Waals surface area contributed by atoms with E-state index in [0.717, 1.165) is 31.6 Å². The van der Waals surface area contributed by atoms with Crippen LogP contribution in [0.5, 0.6) is 0 Å². The zero-order valence-corrected chi connectivity index (χ0v) is 11.5. The fourth-order valence-corrected chi connectivity index (χ4v) is 2.26. The van der Waals surface area contributed by atoms with E-state index in [1.807, 2.05) is 30.3 Å². The molecule has 4 nitrogen and oxygen atoms in total. The monoisotopic (exact) mass is 262 g/mol. The lowest BCUT2D eigenvalue weighted by molar-refractivity contribution is -0.145. The van der Waals surface area contributed by atoms with Gasteiger partial charge in [0.1, 0.15) is 6.04 Å². The van der Waals surface area contributed by atoms with E-state index in [1.54, 1.807) is 0 Å². The van der Waals surface area contributed by atoms with Crippen molar-refractivity contribution < 1.29 is 9.53 Å². The van der Waals surface area contributed by atoms with Crippen molar-refractivity contribution in [1.29, 1.82) is 0 Å². The molecule has 0 radical (unpaired) electrons. The molecular formula is C15H22N2O2. The van der Waals surface area contributed by atoms with Crippen LogP contribution in [0.4, 0.5) is 5.69 Å². The van der Waals surface area contributed by atoms with Crippen molar-refractivity contribution in [2.75, 3.05) is 31.1 Å². The molecule has 19 heavy (non-hydrogen) atoms. The Bertz CT molecular complexity index is 394. The molecule has 1 fully saturated rings. The van der Waals surface area contributed by atoms with E-state index in [1.165, 1.54) is 0 Å². The van der Waals surface area contributed by atoms with Crippen molar-refractivity contribution in [2.24, 2.45) is 0 Å². The summed E-state index contributed by atoms with van der Waals surface area (Å²) in [6.45, 7) is 4.99. The Balaban J connectivity index is 2.01. The maximum absolute atomic E-state index is 12.2. The SMILES string of the molecule is CCCCOC(=O)[C@@H]1CNCCN1c1ccccc1. The summed E-state index contributed by atoms with van der Waals surface area (Å²) in [6, 6.07) is 9.84. The van der Waals surface area contributed by atoms with E-state index in [4.69, 9.17) is 4.74 Å². The number of rotatable bonds is 5. The standard InChI is InChI=1S/C15H22N2O2/c1-2-3-11-19-15(18)14-12-16-9-10-17(14)13-7-5-4-6-8-13/h4-8,14,16H,2-3,9-12H2,1H3/t14-/m0/s1. The van der Waals surface area contributed by atoms with Gasteiger partial charge in [0.05, 0.1) is 6.61 Å². The number of hydrogen-bond donors (Lipinski definition) is 1. The summed E-state index contributed by atoms with van der Waals surface area (Å²) >= 11 is 0. The molecule has 1 N–H and O–H groups in total. The molecule has 0 aromatic heterocycles. The van der Waals surface area contributed by atoms with Crippen LogP contribution < -0.4 is 10.2 Å². The number of ether oxygens (including phenoxy) is 1. The van der Waals surface area contributed by atoms with Gasteiger partial charge in [-0.3, -0.25) is 0 Å². The van der Waals surface area contributed by atoms with E-state index in [9.17, 15) is 4.79 Å². The van der Waals surface area contributed by atoms with Gasteiger partial charge >= 0.3 is 5.97 Å². The summed E-state index contributed by atoms with van der Waals surface area (Å²) in [5.41, 5.74) is 1.08. The smallest absolute Gasteiger partial charge is 0.330 e. The summed E-state index contributed by atoms with van der Waals surface area (Å²) in [5.74, 6) is -0.121. The highest BCUT2D eigenvalue weighted by molar-refractivity contribution is 5.80. The van der Waals surface area contributed by atoms with Gasteiger partial charge in [-0.25, -0.2) is 4.79 Å². The number of nitrogens with zero attached hydrogens (tertiary/aromatic N) is 1. The van der Waals surface area contributed by atoms with Gasteiger partial charge in [-0.1, -0.05) is 31.5 Å². The zero-order valence-electron chi connectivity index (χ0n) is 11.5. The molecular weight excluding hydrogens is 240 g/mol. The third-order valence-corrected chi connectivity index (χ3v) is 3.35. The van der Waals surface area contributed by atoms with Crippen molar-refractivity contribution >= 4 is 11.7 Å². The molecule has 1 aromatic carbocycles. The first-order chi connectivity index (χ1) is 9.33. The molecule has 4 heteroatoms. The Morgan fingerprint density at radius 3 is 2.95 bits per heavy atom. The number of unbranched alkanes of at least 4 members (excludes halogenated alkanes) is 1. The van der Waals surface area contributed by atoms with Crippen LogP contribution in [0.2, 0.25) is 0 Å². The largest absolute Gasteiger partial charge is 0.464 e. The maximum atomic E-state index is 12.2. The molecule has 1 saturated heterocycles. The van der Waals surface area contributed by atoms with Gasteiger partial charge in [0, 0.05) is 25.3 Å². The third-order valence-electron chi connectivity index (χ3n) is 3.35. The van der Waals surface area contributed by atoms with Crippen LogP contribution in [-0.4, -0.2) is 38.3 Å². The number of anilines is 1. The summed E-state index contributed by atoms with van der Waals surface area (Å²) < 4.78 is 5.35. The van der Waals surface area contributed by atoms with Gasteiger partial charge in [0.25, 0.3) is 0 Å². The van der Waals surface area contributed by atoms with Crippen LogP contribution >= 0.6 is 0 Å². The molecule has 2 rings (SSSR count). The zero-order chi connectivity index (χ0) is 13.5. The minimum atomic E-state index is -0.215. The number of para-hydroxylation sites is 1. The Morgan fingerprint density at radius 2 is 2.21 bits per heavy atom. The Labute approximate surface area is 114 Å². The Kier molecular flexibility index (Phi) is 5.21. The fraction of sp³-hybridized carbons (Fsp3) is 0.533. The summed E-state index contributed by atoms with van der Waals surface area (Å²) in [7, 11) is 0. The van der Waals surface area contributed by atoms with E-state index in [0.29, 0.717) is 13.2 Å². The number of nitrogens with one attached hydrogen (secondary N) is 1. The van der Waals surface area contributed by atoms with E-state index in [-0.39, 0.29) is 12.0 Å². The Morgan fingerprint density at radius 1 is 1.42 bits per heavy atom. The van der Waals surface area contributed by atoms with Crippen LogP contribution in [0.3, 0.4) is 0 Å². The van der Waals surface area contributed by atoms with Crippen molar-refractivity contribution in [3.63, 3.8) is 0 Å². The van der Waals surface area contributed by atoms with Crippen LogP contribution in [-0.2, 0) is 9.53 Å². The second-order valence-corrected chi connectivity index (χ2v) is 4.77. The molecule has 0 amide bonds. The normalized spacial score (nSPS) is 19.2. The minimum Gasteiger partial charge on any atom is -0.464 e. The van der Waals surface area contributed by atoms with Gasteiger partial charge in [-0.2, -0.15) is 0 Å². The molecule has 1 aromatic rings. The van der Waals surface area contributed by atoms with Gasteiger partial charge < -0.3 is 15.0 Å². The average Bonchev–Trinajstić information content (AvgIpc) is 2.48. The fourth-order valence-electron chi connectivity index (χ4n) is 2.26. The number of carbonyl (C=O) groups is 1. The molecule has 0 bridgehead atoms. The lowest BCUT2D eigenvalue weighted by atomic mass is 10.1. The molecule has 0 saturated carbocycles. The van der Waals surface area contributed by atoms with E-state index in [2.05, 4.69) is 17.1 Å². The first-order valence-electron chi connectivity index (χ1n) is 7.02. The lowest BCUT2D eigenvalue weighted by Gasteiger charge is -2.36. The van der Waals surface area contributed by atoms with Crippen molar-refractivity contribution in [1.82, 2.24) is 5.32 Å². The maximum Gasteiger partial charge on any atom is 0.330 e. The molecule has 0 aliphatic carbocycles. The first kappa shape index (κ1) is 13.9. The van der Waals surface area contributed by atoms with Crippen LogP contribution in [0, 0.1) is 0 Å². The van der Waals surface area contributed by atoms with Gasteiger partial charge in [0.15, 0.2) is 0 Å². The number of benzene rings is 1. The predicted octanol–water partition coefficient (Wildman–Crippen LogP) is 1.81. The quantitative estimate of drug-likeness (QED) is 0.649. The molecule has 0 unspecified atom stereocenters. The van der Waals surface area contributed by atoms with Crippen molar-refractivity contribution in [2.45, 2.75) is 25.8 Å². The third kappa shape index (κ3) is 3.70. The van der Waals surface area contributed by atoms with Crippen molar-refractivity contribution in [3.05, 3.63) is 30.3 Å². The van der Waals surface area contributed by atoms with Crippen LogP contribution in [0.1, 0.15) is 19.8 Å². The molecule has 1 atom stereocenters. The topological polar surface area (TPSA) is 41.6 Å². The van der Waals surface area contributed by atoms with Gasteiger partial charge in [0.2, 0.25) is 0 Å². The second kappa shape index (κ2) is 7.14. The highest BCUT2D eigenvalue weighted by Crippen LogP contribution is 2.18. The first-order valence-corrected chi connectivity index (χ1v) is 7.02. The van der Waals surface area contributed by atoms with Crippen LogP contribution in [0.15, 0.2) is 30.3 Å². The molecule has 1 aliphatic rings. The molecule has 104 valence electrons. The van der Waals surface area contributed by atoms with Crippen LogP contribution in [0.25, 0.3) is 0 Å². The van der Waals surface area contributed by atoms with Gasteiger partial charge in [-0.05, 0) is 18.6 Å². The number of esters is 1. The summed E-state index contributed by atoms with van der Waals surface area (Å²) in [5, 5.41) is 3.26. The average molecular weight is 262 g/mol. The Hall–Kier alpha value is -1.55. The van der Waals surface area contributed by atoms with E-state index >= 15 is 0 Å². The highest BCUT2D eigenvalue weighted by Gasteiger charge is 2.29. The number of piperazine rings is 1. The van der Waals surface area contributed by atoms with Crippen molar-refractivity contribution in [3.8, 4) is 0 Å². The number of hydrogen-bond acceptors (Lipinski definition) is 4. The molecule has 1 aliphatic heterocycles.